The second kappa shape index (κ2) is 5.40. The molecule has 0 amide bonds. The molecular weight excluding hydrogens is 279 g/mol. The normalized spacial score (nSPS) is 14.5. The lowest BCUT2D eigenvalue weighted by Crippen LogP contribution is -2.23. The molecule has 1 N–H and O–H groups in total. The van der Waals surface area contributed by atoms with Crippen molar-refractivity contribution >= 4 is 15.5 Å². The summed E-state index contributed by atoms with van der Waals surface area (Å²) in [5.41, 5.74) is -4.69. The van der Waals surface area contributed by atoms with Crippen LogP contribution in [0.15, 0.2) is 29.2 Å². The van der Waals surface area contributed by atoms with E-state index in [1.165, 1.54) is 12.1 Å². The number of anilines is 1. The number of sulfone groups is 1. The molecule has 0 heterocycles. The van der Waals surface area contributed by atoms with Crippen molar-refractivity contribution in [2.75, 3.05) is 5.32 Å². The third-order valence-electron chi connectivity index (χ3n) is 2.86. The van der Waals surface area contributed by atoms with Gasteiger partial charge in [0.1, 0.15) is 0 Å². The lowest BCUT2D eigenvalue weighted by Gasteiger charge is -2.19. The highest BCUT2D eigenvalue weighted by Crippen LogP contribution is 2.30. The third-order valence-corrected chi connectivity index (χ3v) is 4.37. The number of halogens is 3. The fourth-order valence-corrected chi connectivity index (χ4v) is 2.06. The second-order valence-corrected chi connectivity index (χ2v) is 6.59. The number of alkyl halides is 3. The molecule has 1 aromatic rings. The maximum atomic E-state index is 12.3. The van der Waals surface area contributed by atoms with Crippen molar-refractivity contribution in [2.24, 2.45) is 5.92 Å². The summed E-state index contributed by atoms with van der Waals surface area (Å²) in [6, 6.07) is 4.70. The summed E-state index contributed by atoms with van der Waals surface area (Å²) in [5.74, 6) is 0.346. The zero-order chi connectivity index (χ0) is 14.8. The van der Waals surface area contributed by atoms with E-state index in [0.29, 0.717) is 11.6 Å². The first-order chi connectivity index (χ1) is 8.55. The van der Waals surface area contributed by atoms with Crippen LogP contribution in [0.25, 0.3) is 0 Å². The molecule has 0 radical (unpaired) electrons. The number of nitrogens with one attached hydrogen (secondary N) is 1. The minimum Gasteiger partial charge on any atom is -0.382 e. The molecule has 0 aromatic heterocycles. The quantitative estimate of drug-likeness (QED) is 0.925. The van der Waals surface area contributed by atoms with Gasteiger partial charge in [-0.2, -0.15) is 13.2 Å². The second-order valence-electron chi connectivity index (χ2n) is 4.65. The minimum absolute atomic E-state index is 0.130. The number of hydrogen-bond donors (Lipinski definition) is 1. The van der Waals surface area contributed by atoms with Crippen molar-refractivity contribution in [1.29, 1.82) is 0 Å². The maximum absolute atomic E-state index is 12.3. The average molecular weight is 295 g/mol. The van der Waals surface area contributed by atoms with Crippen molar-refractivity contribution < 1.29 is 21.6 Å². The van der Waals surface area contributed by atoms with E-state index in [-0.39, 0.29) is 6.04 Å². The van der Waals surface area contributed by atoms with Crippen LogP contribution in [-0.2, 0) is 9.84 Å². The molecule has 1 rings (SSSR count). The van der Waals surface area contributed by atoms with Gasteiger partial charge >= 0.3 is 5.51 Å². The first-order valence-corrected chi connectivity index (χ1v) is 7.22. The van der Waals surface area contributed by atoms with E-state index in [1.54, 1.807) is 0 Å². The third kappa shape index (κ3) is 3.62. The van der Waals surface area contributed by atoms with Gasteiger partial charge in [-0.05, 0) is 37.1 Å². The molecular formula is C12H16F3NO2S. The van der Waals surface area contributed by atoms with E-state index in [2.05, 4.69) is 5.32 Å². The largest absolute Gasteiger partial charge is 0.501 e. The first kappa shape index (κ1) is 15.8. The molecule has 0 saturated carbocycles. The van der Waals surface area contributed by atoms with Crippen LogP contribution in [0.5, 0.6) is 0 Å². The Kier molecular flexibility index (Phi) is 4.50. The molecule has 0 aliphatic heterocycles. The highest BCUT2D eigenvalue weighted by Gasteiger charge is 2.46. The average Bonchev–Trinajstić information content (AvgIpc) is 2.28. The lowest BCUT2D eigenvalue weighted by molar-refractivity contribution is -0.0436. The number of benzene rings is 1. The van der Waals surface area contributed by atoms with Crippen molar-refractivity contribution in [3.8, 4) is 0 Å². The van der Waals surface area contributed by atoms with Crippen molar-refractivity contribution in [3.63, 3.8) is 0 Å². The molecule has 7 heteroatoms. The molecule has 0 aliphatic rings. The van der Waals surface area contributed by atoms with Gasteiger partial charge in [0.2, 0.25) is 0 Å². The first-order valence-electron chi connectivity index (χ1n) is 5.73. The molecule has 0 bridgehead atoms. The van der Waals surface area contributed by atoms with Gasteiger partial charge in [0.25, 0.3) is 9.84 Å². The summed E-state index contributed by atoms with van der Waals surface area (Å²) in [5, 5.41) is 3.08. The summed E-state index contributed by atoms with van der Waals surface area (Å²) in [4.78, 5) is -0.747. The van der Waals surface area contributed by atoms with Crippen LogP contribution < -0.4 is 5.32 Å². The van der Waals surface area contributed by atoms with Crippen LogP contribution >= 0.6 is 0 Å². The van der Waals surface area contributed by atoms with Crippen LogP contribution in [0.3, 0.4) is 0 Å². The van der Waals surface area contributed by atoms with Crippen molar-refractivity contribution in [3.05, 3.63) is 24.3 Å². The van der Waals surface area contributed by atoms with E-state index in [4.69, 9.17) is 0 Å². The lowest BCUT2D eigenvalue weighted by atomic mass is 10.1. The predicted molar refractivity (Wildman–Crippen MR) is 67.6 cm³/mol. The maximum Gasteiger partial charge on any atom is 0.501 e. The zero-order valence-corrected chi connectivity index (χ0v) is 11.6. The summed E-state index contributed by atoms with van der Waals surface area (Å²) in [6.45, 7) is 5.94. The van der Waals surface area contributed by atoms with Gasteiger partial charge in [0.05, 0.1) is 4.90 Å². The highest BCUT2D eigenvalue weighted by atomic mass is 32.2. The van der Waals surface area contributed by atoms with Gasteiger partial charge in [-0.1, -0.05) is 13.8 Å². The van der Waals surface area contributed by atoms with E-state index in [0.717, 1.165) is 12.1 Å². The van der Waals surface area contributed by atoms with Crippen molar-refractivity contribution in [1.82, 2.24) is 0 Å². The Hall–Kier alpha value is -1.24. The fraction of sp³-hybridized carbons (Fsp3) is 0.500. The van der Waals surface area contributed by atoms with Gasteiger partial charge in [-0.25, -0.2) is 8.42 Å². The van der Waals surface area contributed by atoms with E-state index in [1.807, 2.05) is 20.8 Å². The molecule has 1 atom stereocenters. The standard InChI is InChI=1S/C12H16F3NO2S/c1-8(2)9(3)16-10-4-6-11(7-5-10)19(17,18)12(13,14)15/h4-9,16H,1-3H3. The molecule has 0 aliphatic carbocycles. The Morgan fingerprint density at radius 2 is 1.53 bits per heavy atom. The molecule has 1 aromatic carbocycles. The van der Waals surface area contributed by atoms with Crippen LogP contribution in [-0.4, -0.2) is 20.0 Å². The molecule has 0 fully saturated rings. The summed E-state index contributed by atoms with van der Waals surface area (Å²) >= 11 is 0. The van der Waals surface area contributed by atoms with Gasteiger partial charge < -0.3 is 5.32 Å². The van der Waals surface area contributed by atoms with Gasteiger partial charge in [-0.3, -0.25) is 0 Å². The zero-order valence-electron chi connectivity index (χ0n) is 10.8. The van der Waals surface area contributed by atoms with Gasteiger partial charge in [0.15, 0.2) is 0 Å². The summed E-state index contributed by atoms with van der Waals surface area (Å²) < 4.78 is 59.3. The van der Waals surface area contributed by atoms with E-state index in [9.17, 15) is 21.6 Å². The Morgan fingerprint density at radius 3 is 1.89 bits per heavy atom. The monoisotopic (exact) mass is 295 g/mol. The Balaban J connectivity index is 2.95. The van der Waals surface area contributed by atoms with Crippen LogP contribution in [0.2, 0.25) is 0 Å². The smallest absolute Gasteiger partial charge is 0.382 e. The molecule has 108 valence electrons. The predicted octanol–water partition coefficient (Wildman–Crippen LogP) is 3.44. The fourth-order valence-electron chi connectivity index (χ4n) is 1.29. The topological polar surface area (TPSA) is 46.2 Å². The highest BCUT2D eigenvalue weighted by molar-refractivity contribution is 7.92. The van der Waals surface area contributed by atoms with E-state index < -0.39 is 20.2 Å². The summed E-state index contributed by atoms with van der Waals surface area (Å²) in [6.07, 6.45) is 0. The molecule has 0 saturated heterocycles. The number of rotatable bonds is 4. The van der Waals surface area contributed by atoms with Crippen LogP contribution in [0.4, 0.5) is 18.9 Å². The van der Waals surface area contributed by atoms with Crippen molar-refractivity contribution in [2.45, 2.75) is 37.2 Å². The Labute approximate surface area is 110 Å². The molecule has 3 nitrogen and oxygen atoms in total. The molecule has 0 spiro atoms. The molecule has 1 unspecified atom stereocenters. The van der Waals surface area contributed by atoms with E-state index >= 15 is 0 Å². The summed E-state index contributed by atoms with van der Waals surface area (Å²) in [7, 11) is -5.27. The van der Waals surface area contributed by atoms with Gasteiger partial charge in [0, 0.05) is 11.7 Å². The Bertz CT molecular complexity index is 521. The Morgan fingerprint density at radius 1 is 1.05 bits per heavy atom. The SMILES string of the molecule is CC(C)C(C)Nc1ccc(S(=O)(=O)C(F)(F)F)cc1. The minimum atomic E-state index is -5.27. The van der Waals surface area contributed by atoms with Crippen LogP contribution in [0, 0.1) is 5.92 Å². The van der Waals surface area contributed by atoms with Crippen LogP contribution in [0.1, 0.15) is 20.8 Å². The molecule has 19 heavy (non-hydrogen) atoms. The van der Waals surface area contributed by atoms with Gasteiger partial charge in [-0.15, -0.1) is 0 Å². The number of hydrogen-bond acceptors (Lipinski definition) is 3.